The molecule has 0 aliphatic carbocycles. The smallest absolute Gasteiger partial charge is 0.323 e. The Hall–Kier alpha value is -1.36. The monoisotopic (exact) mass is 240 g/mol. The number of carboxylic acid groups (broad SMARTS) is 1. The summed E-state index contributed by atoms with van der Waals surface area (Å²) in [6.07, 6.45) is 0.569. The second kappa shape index (κ2) is 5.31. The quantitative estimate of drug-likeness (QED) is 0.795. The van der Waals surface area contributed by atoms with Gasteiger partial charge in [0.25, 0.3) is 0 Å². The molecule has 0 spiro atoms. The highest BCUT2D eigenvalue weighted by atomic mass is 16.5. The molecule has 1 rings (SSSR count). The number of carbonyl (C=O) groups is 1. The first kappa shape index (κ1) is 13.7. The normalized spacial score (nSPS) is 14.9. The first-order valence-electron chi connectivity index (χ1n) is 5.74. The van der Waals surface area contributed by atoms with Gasteiger partial charge in [0.05, 0.1) is 5.69 Å². The summed E-state index contributed by atoms with van der Waals surface area (Å²) < 4.78 is 4.93. The highest BCUT2D eigenvalue weighted by Crippen LogP contribution is 2.17. The molecule has 0 saturated heterocycles. The summed E-state index contributed by atoms with van der Waals surface area (Å²) in [6, 6.07) is 1.80. The molecule has 0 aliphatic heterocycles. The van der Waals surface area contributed by atoms with Gasteiger partial charge in [-0.1, -0.05) is 19.0 Å². The molecule has 5 heteroatoms. The van der Waals surface area contributed by atoms with Crippen molar-refractivity contribution in [3.05, 3.63) is 17.5 Å². The molecule has 1 aromatic rings. The standard InChI is InChI=1S/C12H20N2O3/c1-8(2)6-12(4,11(15)16)13-7-10-5-9(3)17-14-10/h5,8,13H,6-7H2,1-4H3,(H,15,16). The lowest BCUT2D eigenvalue weighted by molar-refractivity contribution is -0.145. The summed E-state index contributed by atoms with van der Waals surface area (Å²) in [5.41, 5.74) is -0.208. The van der Waals surface area contributed by atoms with Crippen LogP contribution >= 0.6 is 0 Å². The summed E-state index contributed by atoms with van der Waals surface area (Å²) in [5, 5.41) is 16.1. The van der Waals surface area contributed by atoms with Gasteiger partial charge in [0.15, 0.2) is 0 Å². The number of hydrogen-bond donors (Lipinski definition) is 2. The Balaban J connectivity index is 2.64. The third kappa shape index (κ3) is 3.85. The van der Waals surface area contributed by atoms with Crippen molar-refractivity contribution in [2.24, 2.45) is 5.92 Å². The minimum absolute atomic E-state index is 0.308. The minimum Gasteiger partial charge on any atom is -0.480 e. The predicted molar refractivity (Wildman–Crippen MR) is 63.6 cm³/mol. The maximum absolute atomic E-state index is 11.3. The van der Waals surface area contributed by atoms with Gasteiger partial charge < -0.3 is 9.63 Å². The Labute approximate surface area is 101 Å². The van der Waals surface area contributed by atoms with Crippen molar-refractivity contribution in [2.75, 3.05) is 0 Å². The van der Waals surface area contributed by atoms with E-state index in [-0.39, 0.29) is 0 Å². The van der Waals surface area contributed by atoms with E-state index in [4.69, 9.17) is 4.52 Å². The van der Waals surface area contributed by atoms with Crippen LogP contribution in [0.2, 0.25) is 0 Å². The number of hydrogen-bond acceptors (Lipinski definition) is 4. The first-order chi connectivity index (χ1) is 7.83. The predicted octanol–water partition coefficient (Wildman–Crippen LogP) is 1.96. The van der Waals surface area contributed by atoms with Gasteiger partial charge in [-0.2, -0.15) is 0 Å². The van der Waals surface area contributed by atoms with Crippen molar-refractivity contribution in [1.29, 1.82) is 0 Å². The van der Waals surface area contributed by atoms with Gasteiger partial charge >= 0.3 is 5.97 Å². The van der Waals surface area contributed by atoms with E-state index in [1.165, 1.54) is 0 Å². The van der Waals surface area contributed by atoms with E-state index in [2.05, 4.69) is 10.5 Å². The molecule has 0 amide bonds. The van der Waals surface area contributed by atoms with Crippen molar-refractivity contribution in [2.45, 2.75) is 46.2 Å². The van der Waals surface area contributed by atoms with Crippen LogP contribution in [0.15, 0.2) is 10.6 Å². The number of carboxylic acids is 1. The van der Waals surface area contributed by atoms with Crippen molar-refractivity contribution >= 4 is 5.97 Å². The molecule has 1 unspecified atom stereocenters. The summed E-state index contributed by atoms with van der Waals surface area (Å²) in [4.78, 5) is 11.3. The SMILES string of the molecule is Cc1cc(CNC(C)(CC(C)C)C(=O)O)no1. The minimum atomic E-state index is -0.930. The van der Waals surface area contributed by atoms with Crippen LogP contribution < -0.4 is 5.32 Å². The van der Waals surface area contributed by atoms with Crippen LogP contribution in [0.4, 0.5) is 0 Å². The Morgan fingerprint density at radius 2 is 2.29 bits per heavy atom. The van der Waals surface area contributed by atoms with Gasteiger partial charge in [0.1, 0.15) is 11.3 Å². The van der Waals surface area contributed by atoms with E-state index < -0.39 is 11.5 Å². The summed E-state index contributed by atoms with van der Waals surface area (Å²) in [6.45, 7) is 7.91. The van der Waals surface area contributed by atoms with E-state index in [1.807, 2.05) is 13.8 Å². The molecule has 2 N–H and O–H groups in total. The van der Waals surface area contributed by atoms with Crippen molar-refractivity contribution in [1.82, 2.24) is 10.5 Å². The number of nitrogens with zero attached hydrogens (tertiary/aromatic N) is 1. The van der Waals surface area contributed by atoms with Crippen LogP contribution in [-0.2, 0) is 11.3 Å². The van der Waals surface area contributed by atoms with Gasteiger partial charge in [-0.25, -0.2) is 0 Å². The Morgan fingerprint density at radius 3 is 2.71 bits per heavy atom. The van der Waals surface area contributed by atoms with E-state index in [1.54, 1.807) is 19.9 Å². The van der Waals surface area contributed by atoms with Crippen LogP contribution in [0, 0.1) is 12.8 Å². The maximum Gasteiger partial charge on any atom is 0.323 e. The second-order valence-corrected chi connectivity index (χ2v) is 5.02. The maximum atomic E-state index is 11.3. The van der Waals surface area contributed by atoms with Crippen LogP contribution in [0.1, 0.15) is 38.6 Å². The average molecular weight is 240 g/mol. The fraction of sp³-hybridized carbons (Fsp3) is 0.667. The van der Waals surface area contributed by atoms with Gasteiger partial charge in [-0.05, 0) is 26.2 Å². The van der Waals surface area contributed by atoms with Crippen molar-refractivity contribution in [3.8, 4) is 0 Å². The highest BCUT2D eigenvalue weighted by Gasteiger charge is 2.33. The molecule has 0 radical (unpaired) electrons. The summed E-state index contributed by atoms with van der Waals surface area (Å²) >= 11 is 0. The largest absolute Gasteiger partial charge is 0.480 e. The molecule has 1 heterocycles. The van der Waals surface area contributed by atoms with Crippen LogP contribution in [0.3, 0.4) is 0 Å². The molecule has 0 bridgehead atoms. The number of aromatic nitrogens is 1. The molecule has 96 valence electrons. The molecule has 0 fully saturated rings. The summed E-state index contributed by atoms with van der Waals surface area (Å²) in [7, 11) is 0. The number of aliphatic carboxylic acids is 1. The van der Waals surface area contributed by atoms with E-state index >= 15 is 0 Å². The molecule has 5 nitrogen and oxygen atoms in total. The molecular weight excluding hydrogens is 220 g/mol. The van der Waals surface area contributed by atoms with Crippen molar-refractivity contribution in [3.63, 3.8) is 0 Å². The van der Waals surface area contributed by atoms with E-state index in [0.29, 0.717) is 18.9 Å². The van der Waals surface area contributed by atoms with Crippen LogP contribution in [0.25, 0.3) is 0 Å². The lowest BCUT2D eigenvalue weighted by atomic mass is 9.90. The average Bonchev–Trinajstić information content (AvgIpc) is 2.60. The fourth-order valence-corrected chi connectivity index (χ4v) is 1.84. The molecule has 1 aromatic heterocycles. The number of rotatable bonds is 6. The molecule has 0 saturated carbocycles. The zero-order valence-electron chi connectivity index (χ0n) is 10.8. The zero-order valence-corrected chi connectivity index (χ0v) is 10.8. The first-order valence-corrected chi connectivity index (χ1v) is 5.74. The van der Waals surface area contributed by atoms with Gasteiger partial charge in [-0.3, -0.25) is 10.1 Å². The fourth-order valence-electron chi connectivity index (χ4n) is 1.84. The van der Waals surface area contributed by atoms with Gasteiger partial charge in [0, 0.05) is 12.6 Å². The third-order valence-electron chi connectivity index (χ3n) is 2.62. The van der Waals surface area contributed by atoms with Crippen LogP contribution in [0.5, 0.6) is 0 Å². The lowest BCUT2D eigenvalue weighted by Gasteiger charge is -2.27. The van der Waals surface area contributed by atoms with Crippen molar-refractivity contribution < 1.29 is 14.4 Å². The molecular formula is C12H20N2O3. The number of aryl methyl sites for hydroxylation is 1. The van der Waals surface area contributed by atoms with E-state index in [9.17, 15) is 9.90 Å². The second-order valence-electron chi connectivity index (χ2n) is 5.02. The zero-order chi connectivity index (χ0) is 13.1. The Morgan fingerprint density at radius 1 is 1.65 bits per heavy atom. The summed E-state index contributed by atoms with van der Waals surface area (Å²) in [5.74, 6) is 0.191. The van der Waals surface area contributed by atoms with Gasteiger partial charge in [-0.15, -0.1) is 0 Å². The third-order valence-corrected chi connectivity index (χ3v) is 2.62. The molecule has 1 atom stereocenters. The molecule has 0 aromatic carbocycles. The Kier molecular flexibility index (Phi) is 4.28. The highest BCUT2D eigenvalue weighted by molar-refractivity contribution is 5.78. The topological polar surface area (TPSA) is 75.4 Å². The van der Waals surface area contributed by atoms with Gasteiger partial charge in [0.2, 0.25) is 0 Å². The van der Waals surface area contributed by atoms with Crippen LogP contribution in [-0.4, -0.2) is 21.8 Å². The molecule has 0 aliphatic rings. The number of nitrogens with one attached hydrogen (secondary N) is 1. The molecule has 17 heavy (non-hydrogen) atoms. The van der Waals surface area contributed by atoms with E-state index in [0.717, 1.165) is 11.5 Å². The lowest BCUT2D eigenvalue weighted by Crippen LogP contribution is -2.50. The Bertz CT molecular complexity index is 387.